The molecule has 6 heteroatoms. The first-order valence-electron chi connectivity index (χ1n) is 10.4. The highest BCUT2D eigenvalue weighted by Crippen LogP contribution is 2.27. The van der Waals surface area contributed by atoms with Crippen LogP contribution in [0, 0.1) is 0 Å². The second-order valence-electron chi connectivity index (χ2n) is 7.68. The van der Waals surface area contributed by atoms with Crippen molar-refractivity contribution in [2.45, 2.75) is 31.6 Å². The van der Waals surface area contributed by atoms with Crippen molar-refractivity contribution in [3.05, 3.63) is 82.6 Å². The number of ether oxygens (including phenoxy) is 1. The first-order chi connectivity index (χ1) is 14.7. The average molecular weight is 424 g/mol. The van der Waals surface area contributed by atoms with Crippen LogP contribution in [0.2, 0.25) is 5.02 Å². The number of hydrogen-bond donors (Lipinski definition) is 1. The predicted molar refractivity (Wildman–Crippen MR) is 118 cm³/mol. The van der Waals surface area contributed by atoms with Crippen LogP contribution in [0.4, 0.5) is 0 Å². The Morgan fingerprint density at radius 1 is 1.13 bits per heavy atom. The molecule has 1 atom stereocenters. The molecule has 1 aliphatic heterocycles. The Morgan fingerprint density at radius 3 is 2.83 bits per heavy atom. The van der Waals surface area contributed by atoms with Crippen LogP contribution >= 0.6 is 11.6 Å². The minimum Gasteiger partial charge on any atom is -0.493 e. The molecule has 5 nitrogen and oxygen atoms in total. The third-order valence-electron chi connectivity index (χ3n) is 5.52. The van der Waals surface area contributed by atoms with Crippen molar-refractivity contribution in [1.29, 1.82) is 0 Å². The van der Waals surface area contributed by atoms with E-state index in [1.165, 1.54) is 5.56 Å². The van der Waals surface area contributed by atoms with E-state index in [0.29, 0.717) is 24.0 Å². The van der Waals surface area contributed by atoms with Gasteiger partial charge in [0.2, 0.25) is 5.91 Å². The molecule has 0 bridgehead atoms. The summed E-state index contributed by atoms with van der Waals surface area (Å²) >= 11 is 5.98. The van der Waals surface area contributed by atoms with Crippen molar-refractivity contribution in [1.82, 2.24) is 15.1 Å². The van der Waals surface area contributed by atoms with E-state index in [9.17, 15) is 4.79 Å². The molecule has 1 aromatic heterocycles. The Labute approximate surface area is 182 Å². The lowest BCUT2D eigenvalue weighted by atomic mass is 10.0. The van der Waals surface area contributed by atoms with Gasteiger partial charge >= 0.3 is 0 Å². The van der Waals surface area contributed by atoms with E-state index < -0.39 is 0 Å². The Morgan fingerprint density at radius 2 is 2.00 bits per heavy atom. The number of nitrogens with zero attached hydrogens (tertiary/aromatic N) is 2. The van der Waals surface area contributed by atoms with Crippen LogP contribution in [-0.2, 0) is 17.6 Å². The highest BCUT2D eigenvalue weighted by molar-refractivity contribution is 6.30. The molecule has 1 amide bonds. The van der Waals surface area contributed by atoms with Gasteiger partial charge < -0.3 is 9.64 Å². The lowest BCUT2D eigenvalue weighted by Crippen LogP contribution is -2.28. The number of aryl methyl sites for hydroxylation is 1. The molecule has 2 heterocycles. The fraction of sp³-hybridized carbons (Fsp3) is 0.333. The van der Waals surface area contributed by atoms with Crippen molar-refractivity contribution in [3.63, 3.8) is 0 Å². The third-order valence-corrected chi connectivity index (χ3v) is 5.75. The Bertz CT molecular complexity index is 973. The third kappa shape index (κ3) is 5.42. The van der Waals surface area contributed by atoms with E-state index in [4.69, 9.17) is 16.3 Å². The molecule has 1 fully saturated rings. The zero-order valence-corrected chi connectivity index (χ0v) is 17.6. The van der Waals surface area contributed by atoms with Gasteiger partial charge in [-0.25, -0.2) is 0 Å². The van der Waals surface area contributed by atoms with Crippen LogP contribution in [0.5, 0.6) is 5.75 Å². The van der Waals surface area contributed by atoms with E-state index in [-0.39, 0.29) is 5.91 Å². The molecular formula is C24H26ClN3O2. The number of carbonyl (C=O) groups is 1. The number of benzene rings is 2. The normalized spacial score (nSPS) is 16.0. The Hall–Kier alpha value is -2.79. The van der Waals surface area contributed by atoms with E-state index in [0.717, 1.165) is 49.5 Å². The van der Waals surface area contributed by atoms with E-state index in [1.54, 1.807) is 0 Å². The van der Waals surface area contributed by atoms with Crippen LogP contribution in [0.1, 0.15) is 35.7 Å². The number of H-pyrrole nitrogens is 1. The van der Waals surface area contributed by atoms with E-state index >= 15 is 0 Å². The molecule has 30 heavy (non-hydrogen) atoms. The fourth-order valence-electron chi connectivity index (χ4n) is 3.83. The molecule has 1 aliphatic rings. The summed E-state index contributed by atoms with van der Waals surface area (Å²) in [6.07, 6.45) is 3.05. The smallest absolute Gasteiger partial charge is 0.222 e. The zero-order valence-electron chi connectivity index (χ0n) is 16.9. The van der Waals surface area contributed by atoms with Crippen LogP contribution < -0.4 is 4.74 Å². The summed E-state index contributed by atoms with van der Waals surface area (Å²) in [5.41, 5.74) is 3.28. The number of nitrogens with one attached hydrogen (secondary N) is 1. The quantitative estimate of drug-likeness (QED) is 0.574. The minimum absolute atomic E-state index is 0.229. The molecule has 0 spiro atoms. The topological polar surface area (TPSA) is 58.2 Å². The van der Waals surface area contributed by atoms with Crippen LogP contribution in [0.3, 0.4) is 0 Å². The van der Waals surface area contributed by atoms with Crippen LogP contribution in [0.25, 0.3) is 0 Å². The van der Waals surface area contributed by atoms with Gasteiger partial charge in [-0.1, -0.05) is 48.0 Å². The Balaban J connectivity index is 1.23. The van der Waals surface area contributed by atoms with Crippen LogP contribution in [-0.4, -0.2) is 40.7 Å². The highest BCUT2D eigenvalue weighted by atomic mass is 35.5. The first kappa shape index (κ1) is 20.5. The number of carbonyl (C=O) groups excluding carboxylic acids is 1. The fourth-order valence-corrected chi connectivity index (χ4v) is 4.01. The molecule has 0 unspecified atom stereocenters. The summed E-state index contributed by atoms with van der Waals surface area (Å²) in [5, 5.41) is 8.26. The van der Waals surface area contributed by atoms with Crippen molar-refractivity contribution < 1.29 is 9.53 Å². The molecule has 1 saturated heterocycles. The maximum atomic E-state index is 12.6. The number of hydrogen-bond acceptors (Lipinski definition) is 3. The largest absolute Gasteiger partial charge is 0.493 e. The predicted octanol–water partition coefficient (Wildman–Crippen LogP) is 4.63. The number of aromatic amines is 1. The number of likely N-dealkylation sites (tertiary alicyclic amines) is 1. The van der Waals surface area contributed by atoms with Gasteiger partial charge in [-0.15, -0.1) is 0 Å². The molecular weight excluding hydrogens is 398 g/mol. The van der Waals surface area contributed by atoms with E-state index in [1.807, 2.05) is 47.4 Å². The standard InChI is InChI=1S/C24H26ClN3O2/c25-20-7-4-8-22(15-20)30-14-12-21-16-23(27-26-21)19-11-13-28(17-19)24(29)10-9-18-5-2-1-3-6-18/h1-8,15-16,19H,9-14,17H2,(H,26,27)/t19-/m1/s1. The lowest BCUT2D eigenvalue weighted by Gasteiger charge is -2.16. The van der Waals surface area contributed by atoms with Crippen molar-refractivity contribution in [2.24, 2.45) is 0 Å². The van der Waals surface area contributed by atoms with Gasteiger partial charge in [0.25, 0.3) is 0 Å². The van der Waals surface area contributed by atoms with Gasteiger partial charge in [0.05, 0.1) is 12.3 Å². The molecule has 3 aromatic rings. The summed E-state index contributed by atoms with van der Waals surface area (Å²) in [4.78, 5) is 14.5. The maximum absolute atomic E-state index is 12.6. The van der Waals surface area contributed by atoms with Crippen molar-refractivity contribution >= 4 is 17.5 Å². The highest BCUT2D eigenvalue weighted by Gasteiger charge is 2.28. The van der Waals surface area contributed by atoms with Gasteiger partial charge in [0.1, 0.15) is 5.75 Å². The molecule has 0 saturated carbocycles. The van der Waals surface area contributed by atoms with Gasteiger partial charge in [0, 0.05) is 42.6 Å². The first-order valence-corrected chi connectivity index (χ1v) is 10.8. The molecule has 4 rings (SSSR count). The van der Waals surface area contributed by atoms with Crippen molar-refractivity contribution in [3.8, 4) is 5.75 Å². The average Bonchev–Trinajstić information content (AvgIpc) is 3.43. The molecule has 2 aromatic carbocycles. The number of halogens is 1. The summed E-state index contributed by atoms with van der Waals surface area (Å²) in [5.74, 6) is 1.29. The van der Waals surface area contributed by atoms with Crippen LogP contribution in [0.15, 0.2) is 60.7 Å². The second kappa shape index (κ2) is 9.81. The van der Waals surface area contributed by atoms with Gasteiger partial charge in [-0.2, -0.15) is 5.10 Å². The van der Waals surface area contributed by atoms with Gasteiger partial charge in [-0.3, -0.25) is 9.89 Å². The molecule has 0 aliphatic carbocycles. The van der Waals surface area contributed by atoms with Gasteiger partial charge in [-0.05, 0) is 42.7 Å². The minimum atomic E-state index is 0.229. The Kier molecular flexibility index (Phi) is 6.70. The number of amides is 1. The number of rotatable bonds is 8. The second-order valence-corrected chi connectivity index (χ2v) is 8.12. The monoisotopic (exact) mass is 423 g/mol. The van der Waals surface area contributed by atoms with Crippen molar-refractivity contribution in [2.75, 3.05) is 19.7 Å². The zero-order chi connectivity index (χ0) is 20.8. The SMILES string of the molecule is O=C(CCc1ccccc1)N1CC[C@@H](c2cc(CCOc3cccc(Cl)c3)[nH]n2)C1. The lowest BCUT2D eigenvalue weighted by molar-refractivity contribution is -0.130. The van der Waals surface area contributed by atoms with E-state index in [2.05, 4.69) is 28.4 Å². The molecule has 1 N–H and O–H groups in total. The maximum Gasteiger partial charge on any atom is 0.222 e. The molecule has 0 radical (unpaired) electrons. The van der Waals surface area contributed by atoms with Gasteiger partial charge in [0.15, 0.2) is 0 Å². The summed E-state index contributed by atoms with van der Waals surface area (Å²) in [7, 11) is 0. The summed E-state index contributed by atoms with van der Waals surface area (Å²) in [6.45, 7) is 2.10. The molecule has 156 valence electrons. The number of aromatic nitrogens is 2. The summed E-state index contributed by atoms with van der Waals surface area (Å²) < 4.78 is 5.75. The summed E-state index contributed by atoms with van der Waals surface area (Å²) in [6, 6.07) is 19.7.